The van der Waals surface area contributed by atoms with Gasteiger partial charge >= 0.3 is 5.97 Å². The summed E-state index contributed by atoms with van der Waals surface area (Å²) in [4.78, 5) is 120. The smallest absolute Gasteiger partial charge is 0.328 e. The van der Waals surface area contributed by atoms with Gasteiger partial charge < -0.3 is 83.9 Å². The third-order valence-electron chi connectivity index (χ3n) is 9.95. The van der Waals surface area contributed by atoms with Gasteiger partial charge in [-0.1, -0.05) is 25.1 Å². The number of likely N-dealkylation sites (tertiary alicyclic amines) is 1. The number of fused-ring (bicyclic) bond motifs is 1. The van der Waals surface area contributed by atoms with Crippen molar-refractivity contribution in [2.75, 3.05) is 33.0 Å². The number of para-hydroxylation sites is 1. The number of aromatic nitrogens is 1. The topological polar surface area (TPSA) is 418 Å². The minimum absolute atomic E-state index is 0.222. The van der Waals surface area contributed by atoms with E-state index in [1.807, 2.05) is 0 Å². The van der Waals surface area contributed by atoms with Gasteiger partial charge in [-0.15, -0.1) is 0 Å². The summed E-state index contributed by atoms with van der Waals surface area (Å²) in [6.45, 7) is -1.31. The molecular weight excluding hydrogens is 824 g/mol. The van der Waals surface area contributed by atoms with Crippen LogP contribution in [0.1, 0.15) is 32.3 Å². The van der Waals surface area contributed by atoms with Crippen LogP contribution < -0.4 is 43.4 Å². The lowest BCUT2D eigenvalue weighted by Crippen LogP contribution is -2.62. The van der Waals surface area contributed by atoms with Crippen molar-refractivity contribution in [2.24, 2.45) is 17.4 Å². The van der Waals surface area contributed by atoms with Gasteiger partial charge in [0.05, 0.1) is 32.3 Å². The van der Waals surface area contributed by atoms with E-state index in [0.29, 0.717) is 16.5 Å². The molecule has 342 valence electrons. The summed E-state index contributed by atoms with van der Waals surface area (Å²) in [7, 11) is 0. The van der Waals surface area contributed by atoms with Crippen molar-refractivity contribution in [1.82, 2.24) is 41.8 Å². The number of carbonyl (C=O) groups excluding carboxylic acids is 8. The number of amides is 8. The molecule has 1 aromatic heterocycles. The number of aliphatic carboxylic acids is 1. The predicted molar refractivity (Wildman–Crippen MR) is 212 cm³/mol. The SMILES string of the molecule is CC(NC(=O)C1CC(O)CN1C(=O)C(N)CO)C(=O)NC(CC(N)=O)C(=O)NC(CO)C(=O)NC(C(=O)NC(Cc1c[nH]c2ccccc12)C(=O)NC(CO)C(=O)O)C(C)CO. The fraction of sp³-hybridized carbons (Fsp3) is 0.541. The molecule has 8 amide bonds. The highest BCUT2D eigenvalue weighted by Crippen LogP contribution is 2.21. The van der Waals surface area contributed by atoms with Gasteiger partial charge in [0, 0.05) is 49.0 Å². The number of primary amides is 1. The van der Waals surface area contributed by atoms with Crippen LogP contribution in [0.25, 0.3) is 10.9 Å². The Kier molecular flexibility index (Phi) is 18.7. The number of hydrogen-bond donors (Lipinski definition) is 15. The van der Waals surface area contributed by atoms with Crippen molar-refractivity contribution in [1.29, 1.82) is 0 Å². The predicted octanol–water partition coefficient (Wildman–Crippen LogP) is -7.51. The monoisotopic (exact) mass is 878 g/mol. The van der Waals surface area contributed by atoms with E-state index in [-0.39, 0.29) is 19.4 Å². The van der Waals surface area contributed by atoms with Gasteiger partial charge in [0.25, 0.3) is 0 Å². The number of rotatable bonds is 23. The molecule has 2 heterocycles. The molecule has 2 aromatic rings. The van der Waals surface area contributed by atoms with Crippen molar-refractivity contribution in [3.05, 3.63) is 36.0 Å². The summed E-state index contributed by atoms with van der Waals surface area (Å²) < 4.78 is 0. The molecule has 0 bridgehead atoms. The van der Waals surface area contributed by atoms with E-state index in [4.69, 9.17) is 11.5 Å². The number of carboxylic acid groups (broad SMARTS) is 1. The number of aliphatic hydroxyl groups excluding tert-OH is 5. The Labute approximate surface area is 353 Å². The highest BCUT2D eigenvalue weighted by atomic mass is 16.4. The third-order valence-corrected chi connectivity index (χ3v) is 9.95. The summed E-state index contributed by atoms with van der Waals surface area (Å²) in [5.74, 6) is -11.1. The zero-order valence-corrected chi connectivity index (χ0v) is 33.8. The second kappa shape index (κ2) is 23.1. The standard InChI is InChI=1S/C37H54N10O15/c1-16(12-48)29(35(59)43-23(31(55)45-26(15-51)37(61)62)7-18-10-40-22-6-4-3-5-20(18)22)46-33(57)25(14-50)44-32(56)24(9-28(39)53)42-30(54)17(2)41-34(58)27-8-19(52)11-47(27)36(60)21(38)13-49/h3-6,10,16-17,19,21,23-27,29,40,48-52H,7-9,11-15,38H2,1-2H3,(H2,39,53)(H,41,58)(H,42,54)(H,43,59)(H,44,56)(H,45,55)(H,46,57)(H,61,62). The van der Waals surface area contributed by atoms with Gasteiger partial charge in [0.2, 0.25) is 47.3 Å². The van der Waals surface area contributed by atoms with Gasteiger partial charge in [0.15, 0.2) is 0 Å². The van der Waals surface area contributed by atoms with Crippen LogP contribution in [0.15, 0.2) is 30.5 Å². The van der Waals surface area contributed by atoms with E-state index in [1.165, 1.54) is 13.8 Å². The molecule has 17 N–H and O–H groups in total. The van der Waals surface area contributed by atoms with Gasteiger partial charge in [-0.25, -0.2) is 4.79 Å². The van der Waals surface area contributed by atoms with E-state index < -0.39 is 146 Å². The Hall–Kier alpha value is -6.25. The lowest BCUT2D eigenvalue weighted by atomic mass is 9.99. The summed E-state index contributed by atoms with van der Waals surface area (Å²) in [6.07, 6.45) is -0.852. The zero-order valence-electron chi connectivity index (χ0n) is 33.8. The second-order valence-electron chi connectivity index (χ2n) is 14.7. The molecule has 0 aliphatic carbocycles. The Bertz CT molecular complexity index is 1960. The Morgan fingerprint density at radius 1 is 0.758 bits per heavy atom. The van der Waals surface area contributed by atoms with Crippen LogP contribution in [0, 0.1) is 5.92 Å². The molecule has 1 aliphatic heterocycles. The van der Waals surface area contributed by atoms with Crippen LogP contribution in [0.3, 0.4) is 0 Å². The number of aromatic amines is 1. The molecule has 1 aliphatic rings. The first-order valence-electron chi connectivity index (χ1n) is 19.3. The molecule has 0 spiro atoms. The average molecular weight is 879 g/mol. The molecule has 25 heteroatoms. The van der Waals surface area contributed by atoms with Crippen molar-refractivity contribution in [3.63, 3.8) is 0 Å². The number of β-amino-alcohol motifs (C(OH)–C–C–N with tert-alkyl or cyclic N) is 1. The van der Waals surface area contributed by atoms with Crippen LogP contribution >= 0.6 is 0 Å². The maximum absolute atomic E-state index is 13.8. The molecule has 10 atom stereocenters. The number of benzene rings is 1. The molecule has 3 rings (SSSR count). The number of nitrogens with zero attached hydrogens (tertiary/aromatic N) is 1. The summed E-state index contributed by atoms with van der Waals surface area (Å²) in [5.41, 5.74) is 12.1. The fourth-order valence-corrected chi connectivity index (χ4v) is 6.42. The number of aliphatic hydroxyl groups is 5. The molecule has 1 saturated heterocycles. The summed E-state index contributed by atoms with van der Waals surface area (Å²) in [6, 6.07) is -5.77. The Balaban J connectivity index is 1.75. The highest BCUT2D eigenvalue weighted by molar-refractivity contribution is 5.99. The first kappa shape index (κ1) is 50.1. The van der Waals surface area contributed by atoms with Gasteiger partial charge in [0.1, 0.15) is 48.3 Å². The third kappa shape index (κ3) is 13.4. The van der Waals surface area contributed by atoms with Crippen molar-refractivity contribution >= 4 is 64.1 Å². The van der Waals surface area contributed by atoms with Crippen molar-refractivity contribution < 1.29 is 73.8 Å². The van der Waals surface area contributed by atoms with E-state index in [2.05, 4.69) is 36.9 Å². The van der Waals surface area contributed by atoms with Crippen LogP contribution in [0.4, 0.5) is 0 Å². The largest absolute Gasteiger partial charge is 0.480 e. The van der Waals surface area contributed by atoms with Gasteiger partial charge in [-0.05, 0) is 18.6 Å². The van der Waals surface area contributed by atoms with Gasteiger partial charge in [-0.2, -0.15) is 0 Å². The molecule has 25 nitrogen and oxygen atoms in total. The lowest BCUT2D eigenvalue weighted by Gasteiger charge is -2.28. The number of carboxylic acids is 1. The first-order valence-corrected chi connectivity index (χ1v) is 19.3. The van der Waals surface area contributed by atoms with Crippen molar-refractivity contribution in [3.8, 4) is 0 Å². The Morgan fingerprint density at radius 2 is 1.34 bits per heavy atom. The van der Waals surface area contributed by atoms with E-state index in [9.17, 15) is 73.8 Å². The van der Waals surface area contributed by atoms with Crippen LogP contribution in [-0.2, 0) is 49.6 Å². The zero-order chi connectivity index (χ0) is 46.4. The van der Waals surface area contributed by atoms with E-state index >= 15 is 0 Å². The van der Waals surface area contributed by atoms with E-state index in [1.54, 1.807) is 30.5 Å². The van der Waals surface area contributed by atoms with Crippen molar-refractivity contribution in [2.45, 2.75) is 87.5 Å². The quantitative estimate of drug-likeness (QED) is 0.0493. The Morgan fingerprint density at radius 3 is 1.94 bits per heavy atom. The molecule has 0 radical (unpaired) electrons. The van der Waals surface area contributed by atoms with E-state index in [0.717, 1.165) is 4.90 Å². The maximum Gasteiger partial charge on any atom is 0.328 e. The van der Waals surface area contributed by atoms with Crippen LogP contribution in [-0.4, -0.2) is 181 Å². The second-order valence-corrected chi connectivity index (χ2v) is 14.7. The first-order chi connectivity index (χ1) is 29.3. The normalized spacial score (nSPS) is 18.7. The number of nitrogens with one attached hydrogen (secondary N) is 7. The fourth-order valence-electron chi connectivity index (χ4n) is 6.42. The lowest BCUT2D eigenvalue weighted by molar-refractivity contribution is -0.143. The number of hydrogen-bond acceptors (Lipinski definition) is 15. The number of H-pyrrole nitrogens is 1. The molecule has 1 aromatic carbocycles. The summed E-state index contributed by atoms with van der Waals surface area (Å²) >= 11 is 0. The minimum Gasteiger partial charge on any atom is -0.480 e. The summed E-state index contributed by atoms with van der Waals surface area (Å²) in [5, 5.41) is 72.5. The highest BCUT2D eigenvalue weighted by Gasteiger charge is 2.41. The average Bonchev–Trinajstić information content (AvgIpc) is 3.84. The number of carbonyl (C=O) groups is 9. The molecule has 10 unspecified atom stereocenters. The maximum atomic E-state index is 13.8. The van der Waals surface area contributed by atoms with Crippen LogP contribution in [0.2, 0.25) is 0 Å². The van der Waals surface area contributed by atoms with Gasteiger partial charge in [-0.3, -0.25) is 38.4 Å². The molecular formula is C37H54N10O15. The van der Waals surface area contributed by atoms with Crippen LogP contribution in [0.5, 0.6) is 0 Å². The minimum atomic E-state index is -1.87. The molecule has 62 heavy (non-hydrogen) atoms. The number of nitrogens with two attached hydrogens (primary N) is 2. The molecule has 1 fully saturated rings. The molecule has 0 saturated carbocycles.